The maximum atomic E-state index is 12.9. The van der Waals surface area contributed by atoms with Gasteiger partial charge in [-0.1, -0.05) is 53.6 Å². The van der Waals surface area contributed by atoms with E-state index in [0.29, 0.717) is 21.9 Å². The van der Waals surface area contributed by atoms with Crippen molar-refractivity contribution >= 4 is 29.1 Å². The molecule has 0 aliphatic carbocycles. The summed E-state index contributed by atoms with van der Waals surface area (Å²) in [6.07, 6.45) is 1.51. The number of carbonyl (C=O) groups excluding carboxylic acids is 2. The van der Waals surface area contributed by atoms with Gasteiger partial charge in [0.2, 0.25) is 0 Å². The number of likely N-dealkylation sites (tertiary alicyclic amines) is 1. The summed E-state index contributed by atoms with van der Waals surface area (Å²) in [6.45, 7) is 2.03. The third-order valence-corrected chi connectivity index (χ3v) is 5.17. The summed E-state index contributed by atoms with van der Waals surface area (Å²) in [4.78, 5) is 27.2. The number of aliphatic hydroxyl groups is 1. The van der Waals surface area contributed by atoms with Gasteiger partial charge in [0.25, 0.3) is 11.7 Å². The number of aryl methyl sites for hydroxylation is 1. The fraction of sp³-hybridized carbons (Fsp3) is 0.130. The number of rotatable bonds is 4. The molecule has 0 bridgehead atoms. The van der Waals surface area contributed by atoms with Gasteiger partial charge in [0.05, 0.1) is 24.4 Å². The van der Waals surface area contributed by atoms with E-state index < -0.39 is 17.7 Å². The molecule has 5 nitrogen and oxygen atoms in total. The molecule has 3 aromatic rings. The highest BCUT2D eigenvalue weighted by molar-refractivity contribution is 6.46. The largest absolute Gasteiger partial charge is 0.507 e. The third-order valence-electron chi connectivity index (χ3n) is 4.94. The highest BCUT2D eigenvalue weighted by Gasteiger charge is 2.46. The zero-order valence-corrected chi connectivity index (χ0v) is 16.4. The molecule has 1 amide bonds. The molecule has 1 atom stereocenters. The summed E-state index contributed by atoms with van der Waals surface area (Å²) in [5.41, 5.74) is 2.16. The minimum atomic E-state index is -0.778. The maximum Gasteiger partial charge on any atom is 0.296 e. The third kappa shape index (κ3) is 3.57. The van der Waals surface area contributed by atoms with E-state index in [1.54, 1.807) is 48.5 Å². The molecular formula is C23H18ClNO4. The summed E-state index contributed by atoms with van der Waals surface area (Å²) in [5.74, 6) is -1.11. The van der Waals surface area contributed by atoms with E-state index >= 15 is 0 Å². The summed E-state index contributed by atoms with van der Waals surface area (Å²) < 4.78 is 5.37. The molecule has 1 saturated heterocycles. The van der Waals surface area contributed by atoms with Crippen LogP contribution in [0.2, 0.25) is 5.02 Å². The van der Waals surface area contributed by atoms with Gasteiger partial charge >= 0.3 is 0 Å². The van der Waals surface area contributed by atoms with Crippen LogP contribution in [0.3, 0.4) is 0 Å². The molecule has 1 N–H and O–H groups in total. The van der Waals surface area contributed by atoms with E-state index in [-0.39, 0.29) is 17.9 Å². The van der Waals surface area contributed by atoms with Crippen molar-refractivity contribution in [2.45, 2.75) is 19.5 Å². The van der Waals surface area contributed by atoms with E-state index in [9.17, 15) is 14.7 Å². The molecule has 1 unspecified atom stereocenters. The van der Waals surface area contributed by atoms with Crippen LogP contribution in [0.25, 0.3) is 5.76 Å². The van der Waals surface area contributed by atoms with Crippen molar-refractivity contribution in [1.82, 2.24) is 4.90 Å². The Labute approximate surface area is 172 Å². The number of halogens is 1. The van der Waals surface area contributed by atoms with Gasteiger partial charge in [-0.05, 0) is 36.8 Å². The van der Waals surface area contributed by atoms with Crippen LogP contribution < -0.4 is 0 Å². The van der Waals surface area contributed by atoms with Crippen LogP contribution in [-0.2, 0) is 16.1 Å². The number of hydrogen-bond acceptors (Lipinski definition) is 4. The molecule has 6 heteroatoms. The van der Waals surface area contributed by atoms with Crippen molar-refractivity contribution < 1.29 is 19.1 Å². The zero-order chi connectivity index (χ0) is 20.5. The average molecular weight is 408 g/mol. The van der Waals surface area contributed by atoms with Gasteiger partial charge in [0.15, 0.2) is 0 Å². The van der Waals surface area contributed by atoms with Crippen LogP contribution in [0.4, 0.5) is 0 Å². The Hall–Kier alpha value is -3.31. The summed E-state index contributed by atoms with van der Waals surface area (Å²) in [5, 5.41) is 11.4. The first kappa shape index (κ1) is 19.0. The molecule has 1 fully saturated rings. The van der Waals surface area contributed by atoms with Gasteiger partial charge < -0.3 is 14.4 Å². The topological polar surface area (TPSA) is 70.8 Å². The molecule has 0 saturated carbocycles. The number of amides is 1. The fourth-order valence-electron chi connectivity index (χ4n) is 3.50. The number of aliphatic hydroxyl groups excluding tert-OH is 1. The lowest BCUT2D eigenvalue weighted by molar-refractivity contribution is -0.140. The number of furan rings is 1. The Morgan fingerprint density at radius 3 is 2.52 bits per heavy atom. The molecule has 29 heavy (non-hydrogen) atoms. The van der Waals surface area contributed by atoms with Gasteiger partial charge in [-0.25, -0.2) is 0 Å². The molecule has 2 heterocycles. The maximum absolute atomic E-state index is 12.9. The summed E-state index contributed by atoms with van der Waals surface area (Å²) in [6, 6.07) is 16.7. The SMILES string of the molecule is Cc1ccc(C(O)=C2C(=O)C(=O)N(Cc3ccco3)C2c2cccc(Cl)c2)cc1. The number of benzene rings is 2. The lowest BCUT2D eigenvalue weighted by atomic mass is 9.95. The van der Waals surface area contributed by atoms with Crippen molar-refractivity contribution in [2.24, 2.45) is 0 Å². The van der Waals surface area contributed by atoms with Crippen molar-refractivity contribution in [3.05, 3.63) is 100.0 Å². The second kappa shape index (κ2) is 7.60. The Balaban J connectivity index is 1.87. The highest BCUT2D eigenvalue weighted by atomic mass is 35.5. The van der Waals surface area contributed by atoms with Crippen LogP contribution >= 0.6 is 11.6 Å². The Morgan fingerprint density at radius 2 is 1.86 bits per heavy atom. The predicted molar refractivity (Wildman–Crippen MR) is 109 cm³/mol. The van der Waals surface area contributed by atoms with E-state index in [1.807, 2.05) is 19.1 Å². The summed E-state index contributed by atoms with van der Waals surface area (Å²) >= 11 is 6.16. The number of carbonyl (C=O) groups is 2. The fourth-order valence-corrected chi connectivity index (χ4v) is 3.70. The zero-order valence-electron chi connectivity index (χ0n) is 15.6. The Kier molecular flexibility index (Phi) is 4.99. The second-order valence-corrected chi connectivity index (χ2v) is 7.36. The summed E-state index contributed by atoms with van der Waals surface area (Å²) in [7, 11) is 0. The Morgan fingerprint density at radius 1 is 1.10 bits per heavy atom. The molecule has 0 radical (unpaired) electrons. The first-order valence-electron chi connectivity index (χ1n) is 9.09. The smallest absolute Gasteiger partial charge is 0.296 e. The van der Waals surface area contributed by atoms with Crippen LogP contribution in [0.1, 0.15) is 28.5 Å². The van der Waals surface area contributed by atoms with Gasteiger partial charge in [-0.2, -0.15) is 0 Å². The van der Waals surface area contributed by atoms with Gasteiger partial charge in [-0.3, -0.25) is 9.59 Å². The van der Waals surface area contributed by atoms with E-state index in [4.69, 9.17) is 16.0 Å². The Bertz CT molecular complexity index is 1100. The van der Waals surface area contributed by atoms with Crippen molar-refractivity contribution in [3.63, 3.8) is 0 Å². The van der Waals surface area contributed by atoms with Crippen molar-refractivity contribution in [3.8, 4) is 0 Å². The average Bonchev–Trinajstić information content (AvgIpc) is 3.30. The van der Waals surface area contributed by atoms with Crippen LogP contribution in [0, 0.1) is 6.92 Å². The molecule has 1 aliphatic heterocycles. The molecular weight excluding hydrogens is 390 g/mol. The normalized spacial score (nSPS) is 18.4. The monoisotopic (exact) mass is 407 g/mol. The van der Waals surface area contributed by atoms with Crippen LogP contribution in [0.5, 0.6) is 0 Å². The van der Waals surface area contributed by atoms with Gasteiger partial charge in [0, 0.05) is 10.6 Å². The van der Waals surface area contributed by atoms with E-state index in [2.05, 4.69) is 0 Å². The molecule has 1 aromatic heterocycles. The van der Waals surface area contributed by atoms with Crippen LogP contribution in [-0.4, -0.2) is 21.7 Å². The highest BCUT2D eigenvalue weighted by Crippen LogP contribution is 2.40. The number of hydrogen-bond donors (Lipinski definition) is 1. The minimum Gasteiger partial charge on any atom is -0.507 e. The lowest BCUT2D eigenvalue weighted by Crippen LogP contribution is -2.29. The van der Waals surface area contributed by atoms with Crippen molar-refractivity contribution in [2.75, 3.05) is 0 Å². The van der Waals surface area contributed by atoms with E-state index in [0.717, 1.165) is 5.56 Å². The number of nitrogens with zero attached hydrogens (tertiary/aromatic N) is 1. The molecule has 2 aromatic carbocycles. The molecule has 0 spiro atoms. The standard InChI is InChI=1S/C23H18ClNO4/c1-14-7-9-15(10-8-14)21(26)19-20(16-4-2-5-17(24)12-16)25(23(28)22(19)27)13-18-6-3-11-29-18/h2-12,20,26H,13H2,1H3. The quantitative estimate of drug-likeness (QED) is 0.381. The first-order chi connectivity index (χ1) is 14.0. The van der Waals surface area contributed by atoms with Gasteiger partial charge in [0.1, 0.15) is 11.5 Å². The van der Waals surface area contributed by atoms with Crippen molar-refractivity contribution in [1.29, 1.82) is 0 Å². The minimum absolute atomic E-state index is 0.0349. The molecule has 4 rings (SSSR count). The van der Waals surface area contributed by atoms with E-state index in [1.165, 1.54) is 11.2 Å². The first-order valence-corrected chi connectivity index (χ1v) is 9.47. The molecule has 1 aliphatic rings. The molecule has 146 valence electrons. The van der Waals surface area contributed by atoms with Crippen LogP contribution in [0.15, 0.2) is 76.9 Å². The second-order valence-electron chi connectivity index (χ2n) is 6.93. The lowest BCUT2D eigenvalue weighted by Gasteiger charge is -2.24. The van der Waals surface area contributed by atoms with Gasteiger partial charge in [-0.15, -0.1) is 0 Å². The number of ketones is 1. The predicted octanol–water partition coefficient (Wildman–Crippen LogP) is 4.86. The number of Topliss-reactive ketones (excluding diaryl/α,β-unsaturated/α-hetero) is 1.